The van der Waals surface area contributed by atoms with Crippen molar-refractivity contribution in [3.63, 3.8) is 0 Å². The van der Waals surface area contributed by atoms with Crippen LogP contribution in [0.25, 0.3) is 0 Å². The Morgan fingerprint density at radius 1 is 1.17 bits per heavy atom. The van der Waals surface area contributed by atoms with E-state index in [1.54, 1.807) is 13.2 Å². The van der Waals surface area contributed by atoms with E-state index in [1.807, 2.05) is 35.1 Å². The maximum atomic E-state index is 6.05. The molecule has 2 aromatic rings. The van der Waals surface area contributed by atoms with Crippen LogP contribution in [0.5, 0.6) is 5.75 Å². The van der Waals surface area contributed by atoms with E-state index in [4.69, 9.17) is 9.47 Å². The van der Waals surface area contributed by atoms with E-state index in [-0.39, 0.29) is 24.0 Å². The highest BCUT2D eigenvalue weighted by atomic mass is 127. The molecule has 1 saturated heterocycles. The van der Waals surface area contributed by atoms with Crippen LogP contribution in [0, 0.1) is 0 Å². The topological polar surface area (TPSA) is 75.9 Å². The molecular weight excluding hydrogens is 495 g/mol. The lowest BCUT2D eigenvalue weighted by atomic mass is 10.2. The second-order valence-electron chi connectivity index (χ2n) is 6.89. The monoisotopic (exact) mass is 528 g/mol. The van der Waals surface area contributed by atoms with Crippen molar-refractivity contribution in [2.24, 2.45) is 4.99 Å². The highest BCUT2D eigenvalue weighted by Crippen LogP contribution is 2.17. The van der Waals surface area contributed by atoms with Gasteiger partial charge in [-0.1, -0.05) is 18.2 Å². The van der Waals surface area contributed by atoms with Crippen LogP contribution < -0.4 is 15.4 Å². The van der Waals surface area contributed by atoms with Gasteiger partial charge in [0.1, 0.15) is 12.4 Å². The van der Waals surface area contributed by atoms with E-state index < -0.39 is 0 Å². The van der Waals surface area contributed by atoms with Gasteiger partial charge in [0, 0.05) is 64.3 Å². The third kappa shape index (κ3) is 8.49. The molecule has 0 spiro atoms. The highest BCUT2D eigenvalue weighted by molar-refractivity contribution is 14.0. The van der Waals surface area contributed by atoms with Crippen molar-refractivity contribution in [3.05, 3.63) is 48.3 Å². The van der Waals surface area contributed by atoms with Gasteiger partial charge < -0.3 is 20.1 Å². The van der Waals surface area contributed by atoms with E-state index in [1.165, 1.54) is 0 Å². The number of rotatable bonds is 10. The molecule has 1 aliphatic rings. The second-order valence-corrected chi connectivity index (χ2v) is 6.89. The van der Waals surface area contributed by atoms with Gasteiger partial charge in [-0.15, -0.1) is 24.0 Å². The Balaban J connectivity index is 0.00000320. The first kappa shape index (κ1) is 24.4. The van der Waals surface area contributed by atoms with Crippen molar-refractivity contribution >= 4 is 29.9 Å². The Hall–Kier alpha value is -1.85. The molecule has 0 unspecified atom stereocenters. The zero-order valence-corrected chi connectivity index (χ0v) is 20.0. The van der Waals surface area contributed by atoms with E-state index in [2.05, 4.69) is 31.7 Å². The van der Waals surface area contributed by atoms with Crippen molar-refractivity contribution < 1.29 is 9.47 Å². The third-order valence-electron chi connectivity index (χ3n) is 4.83. The SMILES string of the molecule is CN=C(NCCCn1cccn1)NCc1ccccc1OCCN1CCOCC1.I. The fourth-order valence-electron chi connectivity index (χ4n) is 3.18. The van der Waals surface area contributed by atoms with Crippen molar-refractivity contribution in [3.8, 4) is 5.75 Å². The third-order valence-corrected chi connectivity index (χ3v) is 4.83. The first-order chi connectivity index (χ1) is 14.3. The lowest BCUT2D eigenvalue weighted by Gasteiger charge is -2.26. The number of hydrogen-bond acceptors (Lipinski definition) is 5. The van der Waals surface area contributed by atoms with E-state index in [0.717, 1.165) is 69.6 Å². The molecule has 9 heteroatoms. The summed E-state index contributed by atoms with van der Waals surface area (Å²) in [4.78, 5) is 6.68. The summed E-state index contributed by atoms with van der Waals surface area (Å²) in [7, 11) is 1.79. The van der Waals surface area contributed by atoms with Crippen molar-refractivity contribution in [2.45, 2.75) is 19.5 Å². The highest BCUT2D eigenvalue weighted by Gasteiger charge is 2.10. The molecule has 30 heavy (non-hydrogen) atoms. The van der Waals surface area contributed by atoms with E-state index >= 15 is 0 Å². The van der Waals surface area contributed by atoms with Gasteiger partial charge in [0.2, 0.25) is 0 Å². The number of guanidine groups is 1. The fraction of sp³-hybridized carbons (Fsp3) is 0.524. The average Bonchev–Trinajstić information content (AvgIpc) is 3.28. The molecule has 166 valence electrons. The quantitative estimate of drug-likeness (QED) is 0.213. The Labute approximate surface area is 196 Å². The first-order valence-corrected chi connectivity index (χ1v) is 10.3. The number of aliphatic imine (C=N–C) groups is 1. The first-order valence-electron chi connectivity index (χ1n) is 10.3. The zero-order valence-electron chi connectivity index (χ0n) is 17.6. The maximum Gasteiger partial charge on any atom is 0.191 e. The van der Waals surface area contributed by atoms with Crippen LogP contribution in [0.15, 0.2) is 47.7 Å². The maximum absolute atomic E-state index is 6.05. The smallest absolute Gasteiger partial charge is 0.191 e. The van der Waals surface area contributed by atoms with Gasteiger partial charge in [-0.2, -0.15) is 5.10 Å². The summed E-state index contributed by atoms with van der Waals surface area (Å²) in [5.74, 6) is 1.70. The van der Waals surface area contributed by atoms with Gasteiger partial charge >= 0.3 is 0 Å². The molecule has 1 fully saturated rings. The Morgan fingerprint density at radius 2 is 2.00 bits per heavy atom. The minimum absolute atomic E-state index is 0. The molecule has 0 aliphatic carbocycles. The standard InChI is InChI=1S/C21H32N6O2.HI/c1-22-21(23-8-4-10-27-11-5-9-25-27)24-18-19-6-2-3-7-20(19)29-17-14-26-12-15-28-16-13-26;/h2-3,5-7,9,11H,4,8,10,12-18H2,1H3,(H2,22,23,24);1H. The van der Waals surface area contributed by atoms with Crippen LogP contribution in [-0.4, -0.2) is 73.7 Å². The Kier molecular flexibility index (Phi) is 11.6. The van der Waals surface area contributed by atoms with Gasteiger partial charge in [-0.25, -0.2) is 0 Å². The van der Waals surface area contributed by atoms with Gasteiger partial charge in [0.05, 0.1) is 13.2 Å². The number of hydrogen-bond donors (Lipinski definition) is 2. The lowest BCUT2D eigenvalue weighted by Crippen LogP contribution is -2.39. The Bertz CT molecular complexity index is 735. The number of nitrogens with zero attached hydrogens (tertiary/aromatic N) is 4. The molecular formula is C21H33IN6O2. The number of para-hydroxylation sites is 1. The number of benzene rings is 1. The van der Waals surface area contributed by atoms with Gasteiger partial charge in [-0.3, -0.25) is 14.6 Å². The molecule has 8 nitrogen and oxygen atoms in total. The van der Waals surface area contributed by atoms with Crippen LogP contribution in [-0.2, 0) is 17.8 Å². The molecule has 2 N–H and O–H groups in total. The van der Waals surface area contributed by atoms with Crippen LogP contribution in [0.3, 0.4) is 0 Å². The van der Waals surface area contributed by atoms with Crippen LogP contribution in [0.2, 0.25) is 0 Å². The number of aryl methyl sites for hydroxylation is 1. The van der Waals surface area contributed by atoms with E-state index in [0.29, 0.717) is 13.2 Å². The number of halogens is 1. The summed E-state index contributed by atoms with van der Waals surface area (Å²) in [5, 5.41) is 10.9. The van der Waals surface area contributed by atoms with Crippen molar-refractivity contribution in [1.82, 2.24) is 25.3 Å². The van der Waals surface area contributed by atoms with Crippen LogP contribution in [0.4, 0.5) is 0 Å². The largest absolute Gasteiger partial charge is 0.492 e. The van der Waals surface area contributed by atoms with Gasteiger partial charge in [0.15, 0.2) is 5.96 Å². The van der Waals surface area contributed by atoms with Gasteiger partial charge in [-0.05, 0) is 18.6 Å². The molecule has 3 rings (SSSR count). The molecule has 0 atom stereocenters. The predicted octanol–water partition coefficient (Wildman–Crippen LogP) is 1.97. The number of ether oxygens (including phenoxy) is 2. The number of nitrogens with one attached hydrogen (secondary N) is 2. The molecule has 0 saturated carbocycles. The summed E-state index contributed by atoms with van der Waals surface area (Å²) < 4.78 is 13.4. The van der Waals surface area contributed by atoms with Crippen molar-refractivity contribution in [1.29, 1.82) is 0 Å². The minimum atomic E-state index is 0. The fourth-order valence-corrected chi connectivity index (χ4v) is 3.18. The Morgan fingerprint density at radius 3 is 2.77 bits per heavy atom. The predicted molar refractivity (Wildman–Crippen MR) is 130 cm³/mol. The van der Waals surface area contributed by atoms with Gasteiger partial charge in [0.25, 0.3) is 0 Å². The molecule has 1 aliphatic heterocycles. The normalized spacial score (nSPS) is 14.8. The minimum Gasteiger partial charge on any atom is -0.492 e. The summed E-state index contributed by atoms with van der Waals surface area (Å²) in [6.07, 6.45) is 4.75. The molecule has 0 amide bonds. The molecule has 0 bridgehead atoms. The molecule has 2 heterocycles. The average molecular weight is 528 g/mol. The molecule has 1 aromatic carbocycles. The number of aromatic nitrogens is 2. The number of morpholine rings is 1. The zero-order chi connectivity index (χ0) is 20.2. The second kappa shape index (κ2) is 14.2. The van der Waals surface area contributed by atoms with E-state index in [9.17, 15) is 0 Å². The molecule has 0 radical (unpaired) electrons. The summed E-state index contributed by atoms with van der Waals surface area (Å²) in [6, 6.07) is 10.1. The summed E-state index contributed by atoms with van der Waals surface area (Å²) >= 11 is 0. The molecule has 1 aromatic heterocycles. The van der Waals surface area contributed by atoms with Crippen molar-refractivity contribution in [2.75, 3.05) is 53.0 Å². The summed E-state index contributed by atoms with van der Waals surface area (Å²) in [5.41, 5.74) is 1.12. The lowest BCUT2D eigenvalue weighted by molar-refractivity contribution is 0.0322. The van der Waals surface area contributed by atoms with Crippen LogP contribution in [0.1, 0.15) is 12.0 Å². The summed E-state index contributed by atoms with van der Waals surface area (Å²) in [6.45, 7) is 7.57. The van der Waals surface area contributed by atoms with Crippen LogP contribution >= 0.6 is 24.0 Å².